The first-order valence-electron chi connectivity index (χ1n) is 7.84. The highest BCUT2D eigenvalue weighted by molar-refractivity contribution is 5.90. The zero-order valence-electron chi connectivity index (χ0n) is 13.7. The zero-order chi connectivity index (χ0) is 16.4. The normalized spacial score (nSPS) is 14.9. The van der Waals surface area contributed by atoms with E-state index in [2.05, 4.69) is 21.6 Å². The SMILES string of the molecule is Cc1cc(NC(=O)N2CC(OC(C)C)C2)cc(-c2ccn[nH]2)c1. The number of ether oxygens (including phenoxy) is 1. The summed E-state index contributed by atoms with van der Waals surface area (Å²) in [5, 5.41) is 9.87. The molecule has 3 rings (SSSR count). The van der Waals surface area contributed by atoms with Crippen LogP contribution in [0.3, 0.4) is 0 Å². The third-order valence-corrected chi connectivity index (χ3v) is 3.74. The van der Waals surface area contributed by atoms with Crippen molar-refractivity contribution in [1.29, 1.82) is 0 Å². The van der Waals surface area contributed by atoms with Gasteiger partial charge in [-0.1, -0.05) is 0 Å². The average molecular weight is 314 g/mol. The van der Waals surface area contributed by atoms with Crippen molar-refractivity contribution in [2.75, 3.05) is 18.4 Å². The van der Waals surface area contributed by atoms with E-state index in [9.17, 15) is 4.79 Å². The number of anilines is 1. The zero-order valence-corrected chi connectivity index (χ0v) is 13.7. The molecule has 6 heteroatoms. The van der Waals surface area contributed by atoms with E-state index in [1.54, 1.807) is 11.1 Å². The van der Waals surface area contributed by atoms with Crippen molar-refractivity contribution >= 4 is 11.7 Å². The third-order valence-electron chi connectivity index (χ3n) is 3.74. The average Bonchev–Trinajstić information content (AvgIpc) is 2.95. The third kappa shape index (κ3) is 3.71. The van der Waals surface area contributed by atoms with Crippen LogP contribution in [0.2, 0.25) is 0 Å². The molecule has 0 spiro atoms. The summed E-state index contributed by atoms with van der Waals surface area (Å²) in [5.74, 6) is 0. The van der Waals surface area contributed by atoms with Crippen molar-refractivity contribution in [3.05, 3.63) is 36.0 Å². The van der Waals surface area contributed by atoms with Gasteiger partial charge in [0.2, 0.25) is 0 Å². The van der Waals surface area contributed by atoms with Gasteiger partial charge in [-0.3, -0.25) is 5.10 Å². The molecule has 2 aromatic rings. The molecule has 6 nitrogen and oxygen atoms in total. The summed E-state index contributed by atoms with van der Waals surface area (Å²) >= 11 is 0. The number of carbonyl (C=O) groups excluding carboxylic acids is 1. The molecule has 1 aromatic carbocycles. The molecule has 122 valence electrons. The van der Waals surface area contributed by atoms with E-state index in [4.69, 9.17) is 4.74 Å². The molecule has 23 heavy (non-hydrogen) atoms. The Morgan fingerprint density at radius 2 is 2.17 bits per heavy atom. The van der Waals surface area contributed by atoms with E-state index < -0.39 is 0 Å². The van der Waals surface area contributed by atoms with Crippen LogP contribution >= 0.6 is 0 Å². The lowest BCUT2D eigenvalue weighted by molar-refractivity contribution is -0.0624. The van der Waals surface area contributed by atoms with Crippen LogP contribution in [0.1, 0.15) is 19.4 Å². The summed E-state index contributed by atoms with van der Waals surface area (Å²) < 4.78 is 5.67. The fourth-order valence-electron chi connectivity index (χ4n) is 2.70. The number of H-pyrrole nitrogens is 1. The molecule has 1 fully saturated rings. The summed E-state index contributed by atoms with van der Waals surface area (Å²) in [6, 6.07) is 7.78. The second-order valence-corrected chi connectivity index (χ2v) is 6.20. The summed E-state index contributed by atoms with van der Waals surface area (Å²) in [6.07, 6.45) is 2.06. The number of aromatic nitrogens is 2. The van der Waals surface area contributed by atoms with Crippen LogP contribution < -0.4 is 5.32 Å². The van der Waals surface area contributed by atoms with E-state index in [0.717, 1.165) is 22.5 Å². The summed E-state index contributed by atoms with van der Waals surface area (Å²) in [5.41, 5.74) is 3.80. The van der Waals surface area contributed by atoms with Crippen molar-refractivity contribution < 1.29 is 9.53 Å². The molecule has 0 aliphatic carbocycles. The maximum absolute atomic E-state index is 12.3. The number of aromatic amines is 1. The predicted octanol–water partition coefficient (Wildman–Crippen LogP) is 3.03. The molecule has 0 atom stereocenters. The maximum atomic E-state index is 12.3. The monoisotopic (exact) mass is 314 g/mol. The van der Waals surface area contributed by atoms with E-state index in [1.165, 1.54) is 0 Å². The van der Waals surface area contributed by atoms with Crippen molar-refractivity contribution in [1.82, 2.24) is 15.1 Å². The standard InChI is InChI=1S/C17H22N4O2/c1-11(2)23-15-9-21(10-15)17(22)19-14-7-12(3)6-13(8-14)16-4-5-18-20-16/h4-8,11,15H,9-10H2,1-3H3,(H,18,20)(H,19,22). The second-order valence-electron chi connectivity index (χ2n) is 6.20. The maximum Gasteiger partial charge on any atom is 0.322 e. The molecule has 2 amide bonds. The number of nitrogens with one attached hydrogen (secondary N) is 2. The van der Waals surface area contributed by atoms with Crippen LogP contribution in [0.4, 0.5) is 10.5 Å². The number of likely N-dealkylation sites (tertiary alicyclic amines) is 1. The quantitative estimate of drug-likeness (QED) is 0.911. The molecule has 1 aromatic heterocycles. The number of benzene rings is 1. The largest absolute Gasteiger partial charge is 0.372 e. The van der Waals surface area contributed by atoms with Gasteiger partial charge in [-0.05, 0) is 50.6 Å². The number of urea groups is 1. The highest BCUT2D eigenvalue weighted by Crippen LogP contribution is 2.24. The molecule has 1 aliphatic heterocycles. The van der Waals surface area contributed by atoms with Crippen molar-refractivity contribution in [2.24, 2.45) is 0 Å². The lowest BCUT2D eigenvalue weighted by Crippen LogP contribution is -2.56. The summed E-state index contributed by atoms with van der Waals surface area (Å²) in [6.45, 7) is 7.30. The highest BCUT2D eigenvalue weighted by Gasteiger charge is 2.31. The minimum atomic E-state index is -0.0882. The first-order chi connectivity index (χ1) is 11.0. The lowest BCUT2D eigenvalue weighted by Gasteiger charge is -2.39. The molecule has 1 saturated heterocycles. The first kappa shape index (κ1) is 15.6. The van der Waals surface area contributed by atoms with E-state index in [-0.39, 0.29) is 18.2 Å². The Morgan fingerprint density at radius 3 is 2.83 bits per heavy atom. The molecule has 2 N–H and O–H groups in total. The molecular weight excluding hydrogens is 292 g/mol. The van der Waals surface area contributed by atoms with Gasteiger partial charge < -0.3 is 15.0 Å². The number of rotatable bonds is 4. The number of aryl methyl sites for hydroxylation is 1. The predicted molar refractivity (Wildman–Crippen MR) is 89.4 cm³/mol. The second kappa shape index (κ2) is 6.42. The van der Waals surface area contributed by atoms with Crippen LogP contribution in [-0.2, 0) is 4.74 Å². The molecule has 0 radical (unpaired) electrons. The van der Waals surface area contributed by atoms with Crippen LogP contribution in [-0.4, -0.2) is 46.4 Å². The Hall–Kier alpha value is -2.34. The van der Waals surface area contributed by atoms with Gasteiger partial charge in [0.1, 0.15) is 0 Å². The minimum absolute atomic E-state index is 0.0882. The van der Waals surface area contributed by atoms with Crippen LogP contribution in [0, 0.1) is 6.92 Å². The van der Waals surface area contributed by atoms with Gasteiger partial charge in [0.15, 0.2) is 0 Å². The van der Waals surface area contributed by atoms with E-state index >= 15 is 0 Å². The Bertz CT molecular complexity index is 676. The van der Waals surface area contributed by atoms with E-state index in [1.807, 2.05) is 39.0 Å². The Labute approximate surface area is 135 Å². The van der Waals surface area contributed by atoms with Gasteiger partial charge in [0, 0.05) is 17.4 Å². The Balaban J connectivity index is 1.63. The molecule has 0 unspecified atom stereocenters. The number of amides is 2. The first-order valence-corrected chi connectivity index (χ1v) is 7.84. The van der Waals surface area contributed by atoms with Crippen LogP contribution in [0.5, 0.6) is 0 Å². The van der Waals surface area contributed by atoms with Gasteiger partial charge in [-0.15, -0.1) is 0 Å². The summed E-state index contributed by atoms with van der Waals surface area (Å²) in [7, 11) is 0. The molecule has 0 saturated carbocycles. The van der Waals surface area contributed by atoms with Crippen LogP contribution in [0.25, 0.3) is 11.3 Å². The Kier molecular flexibility index (Phi) is 4.34. The molecule has 1 aliphatic rings. The number of nitrogens with zero attached hydrogens (tertiary/aromatic N) is 2. The fraction of sp³-hybridized carbons (Fsp3) is 0.412. The van der Waals surface area contributed by atoms with Crippen molar-refractivity contribution in [2.45, 2.75) is 33.0 Å². The number of carbonyl (C=O) groups is 1. The summed E-state index contributed by atoms with van der Waals surface area (Å²) in [4.78, 5) is 14.0. The van der Waals surface area contributed by atoms with Crippen molar-refractivity contribution in [3.8, 4) is 11.3 Å². The number of hydrogen-bond acceptors (Lipinski definition) is 3. The van der Waals surface area contributed by atoms with Crippen molar-refractivity contribution in [3.63, 3.8) is 0 Å². The topological polar surface area (TPSA) is 70.2 Å². The number of hydrogen-bond donors (Lipinski definition) is 2. The Morgan fingerprint density at radius 1 is 1.39 bits per heavy atom. The van der Waals surface area contributed by atoms with E-state index in [0.29, 0.717) is 13.1 Å². The minimum Gasteiger partial charge on any atom is -0.372 e. The highest BCUT2D eigenvalue weighted by atomic mass is 16.5. The molecule has 0 bridgehead atoms. The van der Waals surface area contributed by atoms with Crippen LogP contribution in [0.15, 0.2) is 30.5 Å². The molecular formula is C17H22N4O2. The van der Waals surface area contributed by atoms with Gasteiger partial charge in [0.25, 0.3) is 0 Å². The molecule has 2 heterocycles. The van der Waals surface area contributed by atoms with Gasteiger partial charge in [-0.25, -0.2) is 4.79 Å². The van der Waals surface area contributed by atoms with Gasteiger partial charge >= 0.3 is 6.03 Å². The fourth-order valence-corrected chi connectivity index (χ4v) is 2.70. The smallest absolute Gasteiger partial charge is 0.322 e. The lowest BCUT2D eigenvalue weighted by atomic mass is 10.1. The van der Waals surface area contributed by atoms with Gasteiger partial charge in [0.05, 0.1) is 31.0 Å². The van der Waals surface area contributed by atoms with Gasteiger partial charge in [-0.2, -0.15) is 5.10 Å².